The van der Waals surface area contributed by atoms with Crippen molar-refractivity contribution in [2.45, 2.75) is 51.1 Å². The third-order valence-electron chi connectivity index (χ3n) is 4.32. The van der Waals surface area contributed by atoms with Crippen molar-refractivity contribution in [1.29, 1.82) is 0 Å². The van der Waals surface area contributed by atoms with E-state index in [9.17, 15) is 13.9 Å². The fraction of sp³-hybridized carbons (Fsp3) is 1.00. The van der Waals surface area contributed by atoms with E-state index in [0.29, 0.717) is 18.8 Å². The molecule has 2 rings (SSSR count). The van der Waals surface area contributed by atoms with E-state index in [1.165, 1.54) is 0 Å². The van der Waals surface area contributed by atoms with Crippen molar-refractivity contribution >= 4 is 0 Å². The smallest absolute Gasteiger partial charge is 0.241 e. The van der Waals surface area contributed by atoms with Crippen LogP contribution in [-0.2, 0) is 0 Å². The molecule has 0 spiro atoms. The minimum atomic E-state index is -2.12. The molecule has 1 heterocycles. The number of hydrogen-bond donors (Lipinski definition) is 1. The highest BCUT2D eigenvalue weighted by Gasteiger charge is 2.28. The molecule has 0 bridgehead atoms. The monoisotopic (exact) mass is 247 g/mol. The summed E-state index contributed by atoms with van der Waals surface area (Å²) in [5.41, 5.74) is 0. The molecule has 1 saturated carbocycles. The third kappa shape index (κ3) is 3.88. The summed E-state index contributed by atoms with van der Waals surface area (Å²) in [6.07, 6.45) is 2.78. The van der Waals surface area contributed by atoms with Gasteiger partial charge in [-0.05, 0) is 44.4 Å². The Morgan fingerprint density at radius 3 is 2.12 bits per heavy atom. The van der Waals surface area contributed by atoms with Crippen LogP contribution in [0, 0.1) is 11.8 Å². The van der Waals surface area contributed by atoms with Gasteiger partial charge in [0.2, 0.25) is 6.43 Å². The molecule has 0 aromatic heterocycles. The topological polar surface area (TPSA) is 23.5 Å². The van der Waals surface area contributed by atoms with Gasteiger partial charge in [0.1, 0.15) is 0 Å². The molecular formula is C13H23F2NO. The van der Waals surface area contributed by atoms with Crippen LogP contribution in [0.15, 0.2) is 0 Å². The lowest BCUT2D eigenvalue weighted by molar-refractivity contribution is 0.0339. The van der Waals surface area contributed by atoms with Crippen LogP contribution in [0.2, 0.25) is 0 Å². The highest BCUT2D eigenvalue weighted by atomic mass is 19.3. The summed E-state index contributed by atoms with van der Waals surface area (Å²) < 4.78 is 25.0. The number of aliphatic hydroxyl groups is 1. The number of nitrogens with zero attached hydrogens (tertiary/aromatic N) is 1. The fourth-order valence-corrected chi connectivity index (χ4v) is 3.09. The molecule has 0 aromatic rings. The van der Waals surface area contributed by atoms with E-state index >= 15 is 0 Å². The van der Waals surface area contributed by atoms with Crippen LogP contribution in [-0.4, -0.2) is 42.2 Å². The molecule has 1 aliphatic heterocycles. The second kappa shape index (κ2) is 6.10. The third-order valence-corrected chi connectivity index (χ3v) is 4.32. The molecule has 17 heavy (non-hydrogen) atoms. The molecule has 0 aromatic carbocycles. The molecule has 2 nitrogen and oxygen atoms in total. The van der Waals surface area contributed by atoms with Gasteiger partial charge in [0.25, 0.3) is 0 Å². The van der Waals surface area contributed by atoms with E-state index in [2.05, 4.69) is 4.90 Å². The fourth-order valence-electron chi connectivity index (χ4n) is 3.09. The van der Waals surface area contributed by atoms with Crippen LogP contribution in [0.5, 0.6) is 0 Å². The van der Waals surface area contributed by atoms with Gasteiger partial charge in [0.15, 0.2) is 0 Å². The molecular weight excluding hydrogens is 224 g/mol. The molecule has 1 N–H and O–H groups in total. The van der Waals surface area contributed by atoms with E-state index in [4.69, 9.17) is 0 Å². The van der Waals surface area contributed by atoms with Crippen molar-refractivity contribution in [3.8, 4) is 0 Å². The van der Waals surface area contributed by atoms with E-state index in [1.54, 1.807) is 0 Å². The molecule has 1 saturated heterocycles. The van der Waals surface area contributed by atoms with Crippen LogP contribution in [0.1, 0.15) is 38.5 Å². The Kier molecular flexibility index (Phi) is 4.74. The average molecular weight is 247 g/mol. The van der Waals surface area contributed by atoms with Crippen LogP contribution in [0.4, 0.5) is 8.78 Å². The molecule has 4 heteroatoms. The highest BCUT2D eigenvalue weighted by Crippen LogP contribution is 2.33. The first-order valence-electron chi connectivity index (χ1n) is 6.83. The average Bonchev–Trinajstić information content (AvgIpc) is 2.33. The molecule has 100 valence electrons. The molecule has 0 atom stereocenters. The van der Waals surface area contributed by atoms with E-state index in [-0.39, 0.29) is 12.0 Å². The summed E-state index contributed by atoms with van der Waals surface area (Å²) in [7, 11) is 0. The molecule has 0 unspecified atom stereocenters. The van der Waals surface area contributed by atoms with Crippen molar-refractivity contribution in [3.05, 3.63) is 0 Å². The zero-order valence-corrected chi connectivity index (χ0v) is 10.3. The maximum atomic E-state index is 12.5. The minimum absolute atomic E-state index is 0.124. The summed E-state index contributed by atoms with van der Waals surface area (Å²) in [6, 6.07) is 0. The lowest BCUT2D eigenvalue weighted by Gasteiger charge is -2.35. The number of likely N-dealkylation sites (tertiary alicyclic amines) is 1. The van der Waals surface area contributed by atoms with Crippen molar-refractivity contribution in [3.63, 3.8) is 0 Å². The van der Waals surface area contributed by atoms with Gasteiger partial charge in [-0.25, -0.2) is 8.78 Å². The van der Waals surface area contributed by atoms with E-state index in [0.717, 1.165) is 45.3 Å². The Morgan fingerprint density at radius 1 is 1.00 bits per heavy atom. The van der Waals surface area contributed by atoms with Gasteiger partial charge >= 0.3 is 0 Å². The molecule has 1 aliphatic carbocycles. The normalized spacial score (nSPS) is 33.2. The van der Waals surface area contributed by atoms with Gasteiger partial charge in [-0.1, -0.05) is 0 Å². The number of hydrogen-bond acceptors (Lipinski definition) is 2. The molecule has 0 radical (unpaired) electrons. The van der Waals surface area contributed by atoms with Crippen molar-refractivity contribution in [1.82, 2.24) is 4.90 Å². The van der Waals surface area contributed by atoms with Crippen LogP contribution < -0.4 is 0 Å². The van der Waals surface area contributed by atoms with Crippen LogP contribution in [0.3, 0.4) is 0 Å². The quantitative estimate of drug-likeness (QED) is 0.828. The van der Waals surface area contributed by atoms with Gasteiger partial charge in [0, 0.05) is 25.6 Å². The first kappa shape index (κ1) is 13.2. The van der Waals surface area contributed by atoms with Crippen molar-refractivity contribution in [2.24, 2.45) is 11.8 Å². The Bertz CT molecular complexity index is 221. The largest absolute Gasteiger partial charge is 0.393 e. The Balaban J connectivity index is 1.67. The number of aliphatic hydroxyl groups excluding tert-OH is 1. The first-order chi connectivity index (χ1) is 8.15. The highest BCUT2D eigenvalue weighted by molar-refractivity contribution is 4.78. The minimum Gasteiger partial charge on any atom is -0.393 e. The van der Waals surface area contributed by atoms with Gasteiger partial charge in [-0.3, -0.25) is 0 Å². The van der Waals surface area contributed by atoms with Crippen molar-refractivity contribution in [2.75, 3.05) is 19.6 Å². The van der Waals surface area contributed by atoms with Crippen LogP contribution >= 0.6 is 0 Å². The SMILES string of the molecule is OC1CCN(CC2CCC(C(F)F)CC2)CC1. The summed E-state index contributed by atoms with van der Waals surface area (Å²) in [5, 5.41) is 9.42. The molecule has 2 aliphatic rings. The predicted molar refractivity (Wildman–Crippen MR) is 63.1 cm³/mol. The van der Waals surface area contributed by atoms with Gasteiger partial charge in [-0.15, -0.1) is 0 Å². The predicted octanol–water partition coefficient (Wildman–Crippen LogP) is 2.51. The number of alkyl halides is 2. The first-order valence-corrected chi connectivity index (χ1v) is 6.83. The zero-order chi connectivity index (χ0) is 12.3. The van der Waals surface area contributed by atoms with Crippen LogP contribution in [0.25, 0.3) is 0 Å². The lowest BCUT2D eigenvalue weighted by Crippen LogP contribution is -2.39. The Hall–Kier alpha value is -0.220. The second-order valence-corrected chi connectivity index (χ2v) is 5.65. The summed E-state index contributed by atoms with van der Waals surface area (Å²) in [6.45, 7) is 2.98. The maximum absolute atomic E-state index is 12.5. The summed E-state index contributed by atoms with van der Waals surface area (Å²) in [4.78, 5) is 2.39. The van der Waals surface area contributed by atoms with Gasteiger partial charge in [0.05, 0.1) is 6.10 Å². The zero-order valence-electron chi connectivity index (χ0n) is 10.3. The van der Waals surface area contributed by atoms with Gasteiger partial charge in [-0.2, -0.15) is 0 Å². The standard InChI is InChI=1S/C13H23F2NO/c14-13(15)11-3-1-10(2-4-11)9-16-7-5-12(17)6-8-16/h10-13,17H,1-9H2. The summed E-state index contributed by atoms with van der Waals surface area (Å²) >= 11 is 0. The van der Waals surface area contributed by atoms with Gasteiger partial charge < -0.3 is 10.0 Å². The van der Waals surface area contributed by atoms with E-state index < -0.39 is 6.43 Å². The number of rotatable bonds is 3. The Morgan fingerprint density at radius 2 is 1.59 bits per heavy atom. The lowest BCUT2D eigenvalue weighted by atomic mass is 9.82. The number of halogens is 2. The van der Waals surface area contributed by atoms with E-state index in [1.807, 2.05) is 0 Å². The Labute approximate surface area is 102 Å². The molecule has 2 fully saturated rings. The maximum Gasteiger partial charge on any atom is 0.241 e. The van der Waals surface area contributed by atoms with Crippen molar-refractivity contribution < 1.29 is 13.9 Å². The summed E-state index contributed by atoms with van der Waals surface area (Å²) in [5.74, 6) is 0.245. The molecule has 0 amide bonds. The number of piperidine rings is 1. The second-order valence-electron chi connectivity index (χ2n) is 5.65.